The van der Waals surface area contributed by atoms with E-state index in [-0.39, 0.29) is 5.69 Å². The highest BCUT2D eigenvalue weighted by molar-refractivity contribution is 6.09. The van der Waals surface area contributed by atoms with Crippen LogP contribution in [-0.4, -0.2) is 64.2 Å². The van der Waals surface area contributed by atoms with Gasteiger partial charge in [-0.05, 0) is 36.8 Å². The van der Waals surface area contributed by atoms with Crippen molar-refractivity contribution in [2.45, 2.75) is 24.6 Å². The summed E-state index contributed by atoms with van der Waals surface area (Å²) in [6, 6.07) is 9.75. The van der Waals surface area contributed by atoms with Gasteiger partial charge in [-0.15, -0.1) is 0 Å². The molecular weight excluding hydrogens is 404 g/mol. The van der Waals surface area contributed by atoms with Crippen molar-refractivity contribution < 1.29 is 29.3 Å². The lowest BCUT2D eigenvalue weighted by Crippen LogP contribution is -2.48. The Morgan fingerprint density at radius 3 is 2.55 bits per heavy atom. The summed E-state index contributed by atoms with van der Waals surface area (Å²) in [6.07, 6.45) is 0.213. The number of hydrogen-bond acceptors (Lipinski definition) is 7. The molecule has 2 heterocycles. The van der Waals surface area contributed by atoms with Gasteiger partial charge in [0.25, 0.3) is 5.91 Å². The summed E-state index contributed by atoms with van der Waals surface area (Å²) in [6.45, 7) is 0.420. The highest BCUT2D eigenvalue weighted by Crippen LogP contribution is 2.30. The van der Waals surface area contributed by atoms with Gasteiger partial charge in [0.15, 0.2) is 0 Å². The Kier molecular flexibility index (Phi) is 6.52. The lowest BCUT2D eigenvalue weighted by molar-refractivity contribution is -0.135. The zero-order valence-corrected chi connectivity index (χ0v) is 17.1. The predicted molar refractivity (Wildman–Crippen MR) is 109 cm³/mol. The number of aliphatic hydroxyl groups excluding tert-OH is 2. The van der Waals surface area contributed by atoms with Crippen molar-refractivity contribution in [1.82, 2.24) is 20.5 Å². The highest BCUT2D eigenvalue weighted by Gasteiger charge is 2.49. The Morgan fingerprint density at radius 1 is 1.26 bits per heavy atom. The fourth-order valence-corrected chi connectivity index (χ4v) is 3.34. The number of ether oxygens (including phenoxy) is 1. The van der Waals surface area contributed by atoms with E-state index in [2.05, 4.69) is 15.6 Å². The van der Waals surface area contributed by atoms with Crippen molar-refractivity contribution in [3.63, 3.8) is 0 Å². The lowest BCUT2D eigenvalue weighted by atomic mass is 9.92. The monoisotopic (exact) mass is 428 g/mol. The van der Waals surface area contributed by atoms with Gasteiger partial charge in [0.1, 0.15) is 23.9 Å². The fraction of sp³-hybridized carbons (Fsp3) is 0.333. The van der Waals surface area contributed by atoms with Crippen LogP contribution < -0.4 is 15.4 Å². The number of benzene rings is 1. The molecule has 10 nitrogen and oxygen atoms in total. The molecule has 3 atom stereocenters. The highest BCUT2D eigenvalue weighted by atomic mass is 16.5. The number of nitrogens with one attached hydrogen (secondary N) is 2. The molecule has 0 radical (unpaired) electrons. The van der Waals surface area contributed by atoms with Crippen LogP contribution >= 0.6 is 0 Å². The minimum absolute atomic E-state index is 0.268. The van der Waals surface area contributed by atoms with Gasteiger partial charge in [-0.2, -0.15) is 0 Å². The molecule has 31 heavy (non-hydrogen) atoms. The van der Waals surface area contributed by atoms with Crippen LogP contribution in [0.15, 0.2) is 48.7 Å². The van der Waals surface area contributed by atoms with Gasteiger partial charge >= 0.3 is 6.03 Å². The summed E-state index contributed by atoms with van der Waals surface area (Å²) in [5, 5.41) is 25.0. The zero-order valence-electron chi connectivity index (χ0n) is 17.1. The van der Waals surface area contributed by atoms with Crippen molar-refractivity contribution in [2.24, 2.45) is 0 Å². The first-order valence-corrected chi connectivity index (χ1v) is 9.58. The van der Waals surface area contributed by atoms with E-state index in [1.807, 2.05) is 0 Å². The maximum atomic E-state index is 13.0. The Hall–Kier alpha value is -3.50. The average Bonchev–Trinajstić information content (AvgIpc) is 3.01. The molecular formula is C21H24N4O6. The van der Waals surface area contributed by atoms with E-state index in [0.717, 1.165) is 4.90 Å². The number of pyridine rings is 1. The Labute approximate surface area is 178 Å². The number of amides is 4. The van der Waals surface area contributed by atoms with Crippen LogP contribution in [0.5, 0.6) is 5.75 Å². The first-order chi connectivity index (χ1) is 14.8. The van der Waals surface area contributed by atoms with Crippen LogP contribution in [0.2, 0.25) is 0 Å². The maximum Gasteiger partial charge on any atom is 0.325 e. The number of carbonyl (C=O) groups excluding carboxylic acids is 3. The van der Waals surface area contributed by atoms with Crippen molar-refractivity contribution in [1.29, 1.82) is 0 Å². The van der Waals surface area contributed by atoms with Crippen molar-refractivity contribution in [2.75, 3.05) is 20.3 Å². The molecule has 164 valence electrons. The summed E-state index contributed by atoms with van der Waals surface area (Å²) in [5.74, 6) is -0.706. The molecule has 2 aromatic rings. The predicted octanol–water partition coefficient (Wildman–Crippen LogP) is 0.0679. The number of urea groups is 1. The van der Waals surface area contributed by atoms with Gasteiger partial charge in [0.2, 0.25) is 5.91 Å². The summed E-state index contributed by atoms with van der Waals surface area (Å²) < 4.78 is 5.10. The largest absolute Gasteiger partial charge is 0.497 e. The van der Waals surface area contributed by atoms with E-state index in [1.54, 1.807) is 49.4 Å². The third kappa shape index (κ3) is 4.49. The molecule has 1 aromatic carbocycles. The molecule has 0 saturated carbocycles. The second-order valence-electron chi connectivity index (χ2n) is 7.23. The molecule has 10 heteroatoms. The van der Waals surface area contributed by atoms with E-state index in [9.17, 15) is 24.6 Å². The van der Waals surface area contributed by atoms with Crippen LogP contribution in [0.25, 0.3) is 0 Å². The molecule has 0 bridgehead atoms. The summed E-state index contributed by atoms with van der Waals surface area (Å²) >= 11 is 0. The van der Waals surface area contributed by atoms with E-state index < -0.39 is 48.7 Å². The molecule has 1 aliphatic heterocycles. The number of imide groups is 1. The maximum absolute atomic E-state index is 13.0. The molecule has 1 fully saturated rings. The average molecular weight is 428 g/mol. The summed E-state index contributed by atoms with van der Waals surface area (Å²) in [7, 11) is 1.52. The third-order valence-corrected chi connectivity index (χ3v) is 5.16. The third-order valence-electron chi connectivity index (χ3n) is 5.16. The first-order valence-electron chi connectivity index (χ1n) is 9.58. The number of aromatic nitrogens is 1. The summed E-state index contributed by atoms with van der Waals surface area (Å²) in [4.78, 5) is 42.7. The molecule has 1 aromatic heterocycles. The molecule has 4 N–H and O–H groups in total. The fourth-order valence-electron chi connectivity index (χ4n) is 3.34. The molecule has 4 amide bonds. The molecule has 0 spiro atoms. The van der Waals surface area contributed by atoms with E-state index in [4.69, 9.17) is 4.74 Å². The van der Waals surface area contributed by atoms with Gasteiger partial charge in [-0.1, -0.05) is 18.2 Å². The number of rotatable bonds is 8. The van der Waals surface area contributed by atoms with Crippen LogP contribution in [0, 0.1) is 0 Å². The van der Waals surface area contributed by atoms with Gasteiger partial charge in [-0.3, -0.25) is 19.5 Å². The SMILES string of the molecule is COc1ccc(C2(C)NC(=O)N(CC(=O)NC(CO)C(O)c3ccccn3)C2=O)cc1. The molecule has 0 aliphatic carbocycles. The van der Waals surface area contributed by atoms with Gasteiger partial charge in [0.05, 0.1) is 25.5 Å². The van der Waals surface area contributed by atoms with Crippen molar-refractivity contribution >= 4 is 17.8 Å². The van der Waals surface area contributed by atoms with E-state index >= 15 is 0 Å². The Balaban J connectivity index is 1.69. The van der Waals surface area contributed by atoms with Gasteiger partial charge < -0.3 is 25.6 Å². The van der Waals surface area contributed by atoms with Crippen LogP contribution in [0.1, 0.15) is 24.3 Å². The van der Waals surface area contributed by atoms with Gasteiger partial charge in [-0.25, -0.2) is 4.79 Å². The second kappa shape index (κ2) is 9.11. The van der Waals surface area contributed by atoms with E-state index in [0.29, 0.717) is 11.3 Å². The molecule has 1 aliphatic rings. The van der Waals surface area contributed by atoms with Crippen molar-refractivity contribution in [3.8, 4) is 5.75 Å². The van der Waals surface area contributed by atoms with Crippen LogP contribution in [0.3, 0.4) is 0 Å². The van der Waals surface area contributed by atoms with E-state index in [1.165, 1.54) is 13.3 Å². The van der Waals surface area contributed by atoms with Crippen LogP contribution in [-0.2, 0) is 15.1 Å². The zero-order chi connectivity index (χ0) is 22.6. The number of hydrogen-bond donors (Lipinski definition) is 4. The Morgan fingerprint density at radius 2 is 1.97 bits per heavy atom. The lowest BCUT2D eigenvalue weighted by Gasteiger charge is -2.24. The second-order valence-corrected chi connectivity index (χ2v) is 7.23. The minimum Gasteiger partial charge on any atom is -0.497 e. The quantitative estimate of drug-likeness (QED) is 0.436. The topological polar surface area (TPSA) is 141 Å². The molecule has 3 unspecified atom stereocenters. The first kappa shape index (κ1) is 22.2. The number of carbonyl (C=O) groups is 3. The smallest absolute Gasteiger partial charge is 0.325 e. The number of aliphatic hydroxyl groups is 2. The molecule has 3 rings (SSSR count). The number of nitrogens with zero attached hydrogens (tertiary/aromatic N) is 2. The van der Waals surface area contributed by atoms with Crippen molar-refractivity contribution in [3.05, 3.63) is 59.9 Å². The van der Waals surface area contributed by atoms with Gasteiger partial charge in [0, 0.05) is 6.20 Å². The Bertz CT molecular complexity index is 952. The normalized spacial score (nSPS) is 20.2. The minimum atomic E-state index is -1.34. The standard InChI is InChI=1S/C21H24N4O6/c1-21(13-6-8-14(31-2)9-7-13)19(29)25(20(30)24-21)11-17(27)23-16(12-26)18(28)15-5-3-4-10-22-15/h3-10,16,18,26,28H,11-12H2,1-2H3,(H,23,27)(H,24,30). The number of methoxy groups -OCH3 is 1. The van der Waals surface area contributed by atoms with Crippen LogP contribution in [0.4, 0.5) is 4.79 Å². The molecule has 1 saturated heterocycles. The summed E-state index contributed by atoms with van der Waals surface area (Å²) in [5.41, 5.74) is -0.537.